The van der Waals surface area contributed by atoms with Crippen molar-refractivity contribution in [1.29, 1.82) is 0 Å². The Kier molecular flexibility index (Phi) is 5.93. The van der Waals surface area contributed by atoms with Crippen molar-refractivity contribution >= 4 is 18.0 Å². The molecule has 0 heterocycles. The van der Waals surface area contributed by atoms with Crippen molar-refractivity contribution in [3.05, 3.63) is 59.7 Å². The summed E-state index contributed by atoms with van der Waals surface area (Å²) in [6.45, 7) is 1.58. The Labute approximate surface area is 181 Å². The number of alkyl carbamates (subject to hydrolysis) is 1. The van der Waals surface area contributed by atoms with Crippen LogP contribution in [0.1, 0.15) is 43.2 Å². The number of amides is 2. The molecule has 2 amide bonds. The highest BCUT2D eigenvalue weighted by atomic mass is 16.5. The van der Waals surface area contributed by atoms with Crippen molar-refractivity contribution in [3.63, 3.8) is 0 Å². The minimum absolute atomic E-state index is 0.0537. The molecule has 0 saturated heterocycles. The zero-order valence-corrected chi connectivity index (χ0v) is 17.4. The molecule has 2 aromatic carbocycles. The van der Waals surface area contributed by atoms with Crippen LogP contribution in [0.2, 0.25) is 0 Å². The Hall–Kier alpha value is -3.35. The highest BCUT2D eigenvalue weighted by molar-refractivity contribution is 5.88. The number of carbonyl (C=O) groups excluding carboxylic acids is 2. The average molecular weight is 422 g/mol. The van der Waals surface area contributed by atoms with Gasteiger partial charge in [-0.25, -0.2) is 4.79 Å². The smallest absolute Gasteiger partial charge is 0.407 e. The van der Waals surface area contributed by atoms with E-state index in [1.807, 2.05) is 36.4 Å². The van der Waals surface area contributed by atoms with Gasteiger partial charge < -0.3 is 20.1 Å². The molecule has 1 saturated carbocycles. The largest absolute Gasteiger partial charge is 0.480 e. The number of hydrogen-bond acceptors (Lipinski definition) is 4. The Balaban J connectivity index is 1.41. The number of ether oxygens (including phenoxy) is 1. The molecule has 0 unspecified atom stereocenters. The SMILES string of the molecule is CC[C@@H](NC(=O)OCC1c2ccccc2-c2ccccc21)C(=O)N(CC(=O)O)C1CC1. The van der Waals surface area contributed by atoms with Crippen LogP contribution < -0.4 is 5.32 Å². The maximum absolute atomic E-state index is 12.8. The van der Waals surface area contributed by atoms with Crippen molar-refractivity contribution < 1.29 is 24.2 Å². The molecule has 2 aromatic rings. The van der Waals surface area contributed by atoms with Crippen LogP contribution in [0.3, 0.4) is 0 Å². The third-order valence-electron chi connectivity index (χ3n) is 5.92. The van der Waals surface area contributed by atoms with E-state index < -0.39 is 18.1 Å². The normalized spacial score (nSPS) is 15.5. The number of rotatable bonds is 8. The van der Waals surface area contributed by atoms with Crippen LogP contribution in [0.15, 0.2) is 48.5 Å². The monoisotopic (exact) mass is 422 g/mol. The molecule has 0 bridgehead atoms. The zero-order chi connectivity index (χ0) is 22.0. The van der Waals surface area contributed by atoms with E-state index in [0.29, 0.717) is 6.42 Å². The molecule has 4 rings (SSSR count). The Morgan fingerprint density at radius 1 is 1.06 bits per heavy atom. The van der Waals surface area contributed by atoms with Crippen molar-refractivity contribution in [2.24, 2.45) is 0 Å². The van der Waals surface area contributed by atoms with Crippen LogP contribution in [0.4, 0.5) is 4.79 Å². The van der Waals surface area contributed by atoms with E-state index in [2.05, 4.69) is 17.4 Å². The average Bonchev–Trinajstić information content (AvgIpc) is 3.56. The lowest BCUT2D eigenvalue weighted by atomic mass is 9.98. The summed E-state index contributed by atoms with van der Waals surface area (Å²) in [4.78, 5) is 37.8. The summed E-state index contributed by atoms with van der Waals surface area (Å²) in [7, 11) is 0. The predicted molar refractivity (Wildman–Crippen MR) is 115 cm³/mol. The van der Waals surface area contributed by atoms with Gasteiger partial charge in [-0.05, 0) is 41.5 Å². The molecule has 0 aliphatic heterocycles. The number of carbonyl (C=O) groups is 3. The number of carboxylic acid groups (broad SMARTS) is 1. The first-order valence-electron chi connectivity index (χ1n) is 10.6. The van der Waals surface area contributed by atoms with Gasteiger partial charge in [0.2, 0.25) is 5.91 Å². The summed E-state index contributed by atoms with van der Waals surface area (Å²) in [5.41, 5.74) is 4.51. The Bertz CT molecular complexity index is 955. The summed E-state index contributed by atoms with van der Waals surface area (Å²) >= 11 is 0. The van der Waals surface area contributed by atoms with Gasteiger partial charge in [-0.15, -0.1) is 0 Å². The van der Waals surface area contributed by atoms with Crippen molar-refractivity contribution in [2.75, 3.05) is 13.2 Å². The van der Waals surface area contributed by atoms with E-state index in [1.54, 1.807) is 6.92 Å². The standard InChI is InChI=1S/C24H26N2O5/c1-2-21(23(29)26(13-22(27)28)15-11-12-15)25-24(30)31-14-20-18-9-5-3-7-16(18)17-8-4-6-10-19(17)20/h3-10,15,20-21H,2,11-14H2,1H3,(H,25,30)(H,27,28)/t21-/m1/s1. The molecule has 0 radical (unpaired) electrons. The molecule has 2 N–H and O–H groups in total. The van der Waals surface area contributed by atoms with Gasteiger partial charge in [-0.1, -0.05) is 55.5 Å². The first kappa shape index (κ1) is 20.9. The third kappa shape index (κ3) is 4.40. The predicted octanol–water partition coefficient (Wildman–Crippen LogP) is 3.38. The van der Waals surface area contributed by atoms with Crippen LogP contribution in [-0.2, 0) is 14.3 Å². The Morgan fingerprint density at radius 3 is 2.16 bits per heavy atom. The molecule has 162 valence electrons. The summed E-state index contributed by atoms with van der Waals surface area (Å²) in [6.07, 6.45) is 1.26. The maximum atomic E-state index is 12.8. The molecule has 7 heteroatoms. The van der Waals surface area contributed by atoms with Crippen LogP contribution in [-0.4, -0.2) is 53.2 Å². The second-order valence-corrected chi connectivity index (χ2v) is 8.02. The molecule has 0 spiro atoms. The van der Waals surface area contributed by atoms with E-state index in [9.17, 15) is 14.4 Å². The van der Waals surface area contributed by atoms with Crippen molar-refractivity contribution in [1.82, 2.24) is 10.2 Å². The fourth-order valence-corrected chi connectivity index (χ4v) is 4.24. The van der Waals surface area contributed by atoms with Gasteiger partial charge in [0.05, 0.1) is 0 Å². The molecular formula is C24H26N2O5. The minimum Gasteiger partial charge on any atom is -0.480 e. The van der Waals surface area contributed by atoms with E-state index in [0.717, 1.165) is 35.1 Å². The summed E-state index contributed by atoms with van der Waals surface area (Å²) in [6, 6.07) is 15.3. The van der Waals surface area contributed by atoms with Crippen LogP contribution in [0.25, 0.3) is 11.1 Å². The molecule has 1 atom stereocenters. The van der Waals surface area contributed by atoms with Gasteiger partial charge >= 0.3 is 12.1 Å². The fourth-order valence-electron chi connectivity index (χ4n) is 4.24. The molecular weight excluding hydrogens is 396 g/mol. The van der Waals surface area contributed by atoms with Gasteiger partial charge in [-0.3, -0.25) is 9.59 Å². The van der Waals surface area contributed by atoms with Crippen LogP contribution in [0, 0.1) is 0 Å². The first-order valence-corrected chi connectivity index (χ1v) is 10.6. The number of carboxylic acids is 1. The van der Waals surface area contributed by atoms with Gasteiger partial charge in [0.15, 0.2) is 0 Å². The summed E-state index contributed by atoms with van der Waals surface area (Å²) < 4.78 is 5.52. The molecule has 1 fully saturated rings. The molecule has 0 aromatic heterocycles. The van der Waals surface area contributed by atoms with E-state index in [1.165, 1.54) is 4.90 Å². The van der Waals surface area contributed by atoms with Crippen LogP contribution >= 0.6 is 0 Å². The van der Waals surface area contributed by atoms with Gasteiger partial charge in [-0.2, -0.15) is 0 Å². The van der Waals surface area contributed by atoms with E-state index in [4.69, 9.17) is 9.84 Å². The molecule has 7 nitrogen and oxygen atoms in total. The van der Waals surface area contributed by atoms with Crippen molar-refractivity contribution in [2.45, 2.75) is 44.2 Å². The quantitative estimate of drug-likeness (QED) is 0.680. The number of fused-ring (bicyclic) bond motifs is 3. The minimum atomic E-state index is -1.06. The van der Waals surface area contributed by atoms with Gasteiger partial charge in [0.1, 0.15) is 19.2 Å². The third-order valence-corrected chi connectivity index (χ3v) is 5.92. The van der Waals surface area contributed by atoms with Gasteiger partial charge in [0, 0.05) is 12.0 Å². The summed E-state index contributed by atoms with van der Waals surface area (Å²) in [5, 5.41) is 11.7. The first-order chi connectivity index (χ1) is 15.0. The van der Waals surface area contributed by atoms with Crippen LogP contribution in [0.5, 0.6) is 0 Å². The molecule has 31 heavy (non-hydrogen) atoms. The van der Waals surface area contributed by atoms with Crippen molar-refractivity contribution in [3.8, 4) is 11.1 Å². The number of hydrogen-bond donors (Lipinski definition) is 2. The molecule has 2 aliphatic rings. The number of nitrogens with one attached hydrogen (secondary N) is 1. The lowest BCUT2D eigenvalue weighted by molar-refractivity contribution is -0.145. The Morgan fingerprint density at radius 2 is 1.65 bits per heavy atom. The highest BCUT2D eigenvalue weighted by Gasteiger charge is 2.37. The summed E-state index contributed by atoms with van der Waals surface area (Å²) in [5.74, 6) is -1.50. The van der Waals surface area contributed by atoms with E-state index in [-0.39, 0.29) is 31.0 Å². The maximum Gasteiger partial charge on any atom is 0.407 e. The topological polar surface area (TPSA) is 95.9 Å². The fraction of sp³-hybridized carbons (Fsp3) is 0.375. The number of aliphatic carboxylic acids is 1. The molecule has 2 aliphatic carbocycles. The van der Waals surface area contributed by atoms with E-state index >= 15 is 0 Å². The second kappa shape index (κ2) is 8.79. The lowest BCUT2D eigenvalue weighted by Gasteiger charge is -2.26. The van der Waals surface area contributed by atoms with Gasteiger partial charge in [0.25, 0.3) is 0 Å². The number of nitrogens with zero attached hydrogens (tertiary/aromatic N) is 1. The number of benzene rings is 2. The lowest BCUT2D eigenvalue weighted by Crippen LogP contribution is -2.50. The second-order valence-electron chi connectivity index (χ2n) is 8.02. The zero-order valence-electron chi connectivity index (χ0n) is 17.4. The highest BCUT2D eigenvalue weighted by Crippen LogP contribution is 2.44.